The van der Waals surface area contributed by atoms with E-state index in [9.17, 15) is 0 Å². The Bertz CT molecular complexity index is 394. The summed E-state index contributed by atoms with van der Waals surface area (Å²) in [5.41, 5.74) is 3.93. The van der Waals surface area contributed by atoms with Crippen molar-refractivity contribution in [2.45, 2.75) is 13.0 Å². The number of aromatic nitrogens is 3. The number of aryl methyl sites for hydroxylation is 1. The van der Waals surface area contributed by atoms with Gasteiger partial charge in [-0.25, -0.2) is 10.4 Å². The maximum atomic E-state index is 5.49. The number of nitrogens with two attached hydrogens (primary N) is 1. The van der Waals surface area contributed by atoms with Crippen molar-refractivity contribution >= 4 is 11.3 Å². The van der Waals surface area contributed by atoms with E-state index in [4.69, 9.17) is 5.84 Å². The van der Waals surface area contributed by atoms with Gasteiger partial charge < -0.3 is 0 Å². The molecule has 2 aromatic heterocycles. The smallest absolute Gasteiger partial charge is 0.148 e. The van der Waals surface area contributed by atoms with Crippen molar-refractivity contribution in [1.82, 2.24) is 20.6 Å². The average Bonchev–Trinajstić information content (AvgIpc) is 2.80. The van der Waals surface area contributed by atoms with E-state index in [2.05, 4.69) is 26.7 Å². The predicted octanol–water partition coefficient (Wildman–Crippen LogP) is 0.727. The Morgan fingerprint density at radius 2 is 2.50 bits per heavy atom. The number of hydrazine groups is 1. The number of nitrogens with zero attached hydrogens (tertiary/aromatic N) is 2. The van der Waals surface area contributed by atoms with E-state index in [-0.39, 0.29) is 6.04 Å². The zero-order valence-corrected chi connectivity index (χ0v) is 8.51. The number of thiophene rings is 1. The number of aromatic amines is 1. The Morgan fingerprint density at radius 1 is 1.64 bits per heavy atom. The van der Waals surface area contributed by atoms with Gasteiger partial charge in [-0.15, -0.1) is 11.3 Å². The first-order valence-electron chi connectivity index (χ1n) is 4.18. The summed E-state index contributed by atoms with van der Waals surface area (Å²) in [5.74, 6) is 6.23. The summed E-state index contributed by atoms with van der Waals surface area (Å²) >= 11 is 1.65. The molecule has 0 radical (unpaired) electrons. The number of nitrogens with one attached hydrogen (secondary N) is 2. The summed E-state index contributed by atoms with van der Waals surface area (Å²) in [4.78, 5) is 5.24. The average molecular weight is 209 g/mol. The largest absolute Gasteiger partial charge is 0.270 e. The summed E-state index contributed by atoms with van der Waals surface area (Å²) in [6, 6.07) is 1.96. The van der Waals surface area contributed by atoms with Crippen LogP contribution in [0.5, 0.6) is 0 Å². The molecule has 0 saturated carbocycles. The molecule has 0 saturated heterocycles. The van der Waals surface area contributed by atoms with Crippen LogP contribution in [-0.2, 0) is 0 Å². The standard InChI is InChI=1S/C8H11N5S/c1-5-2-3-14-7(5)6(12-9)8-10-4-11-13-8/h2-4,6,12H,9H2,1H3,(H,10,11,13). The highest BCUT2D eigenvalue weighted by Crippen LogP contribution is 2.26. The normalized spacial score (nSPS) is 13.0. The fraction of sp³-hybridized carbons (Fsp3) is 0.250. The zero-order valence-electron chi connectivity index (χ0n) is 7.69. The zero-order chi connectivity index (χ0) is 9.97. The van der Waals surface area contributed by atoms with Crippen molar-refractivity contribution in [3.05, 3.63) is 34.0 Å². The molecule has 6 heteroatoms. The molecular formula is C8H11N5S. The lowest BCUT2D eigenvalue weighted by Crippen LogP contribution is -2.29. The highest BCUT2D eigenvalue weighted by Gasteiger charge is 2.18. The molecule has 14 heavy (non-hydrogen) atoms. The van der Waals surface area contributed by atoms with Crippen molar-refractivity contribution in [3.8, 4) is 0 Å². The van der Waals surface area contributed by atoms with Crippen LogP contribution in [0.2, 0.25) is 0 Å². The fourth-order valence-corrected chi connectivity index (χ4v) is 2.30. The third-order valence-electron chi connectivity index (χ3n) is 2.04. The highest BCUT2D eigenvalue weighted by molar-refractivity contribution is 7.10. The Morgan fingerprint density at radius 3 is 3.00 bits per heavy atom. The van der Waals surface area contributed by atoms with Crippen molar-refractivity contribution in [2.75, 3.05) is 0 Å². The second-order valence-electron chi connectivity index (χ2n) is 2.94. The summed E-state index contributed by atoms with van der Waals surface area (Å²) < 4.78 is 0. The number of rotatable bonds is 3. The van der Waals surface area contributed by atoms with Gasteiger partial charge in [0.25, 0.3) is 0 Å². The molecule has 2 aromatic rings. The number of hydrogen-bond acceptors (Lipinski definition) is 5. The summed E-state index contributed by atoms with van der Waals surface area (Å²) in [6.45, 7) is 2.05. The Kier molecular flexibility index (Phi) is 2.58. The molecule has 0 fully saturated rings. The molecule has 74 valence electrons. The van der Waals surface area contributed by atoms with E-state index in [1.807, 2.05) is 12.3 Å². The van der Waals surface area contributed by atoms with Gasteiger partial charge in [-0.05, 0) is 23.9 Å². The Hall–Kier alpha value is -1.24. The second-order valence-corrected chi connectivity index (χ2v) is 3.89. The SMILES string of the molecule is Cc1ccsc1C(NN)c1ncn[nH]1. The molecule has 0 amide bonds. The highest BCUT2D eigenvalue weighted by atomic mass is 32.1. The third-order valence-corrected chi connectivity index (χ3v) is 3.12. The van der Waals surface area contributed by atoms with Crippen molar-refractivity contribution in [2.24, 2.45) is 5.84 Å². The monoisotopic (exact) mass is 209 g/mol. The molecule has 0 aliphatic carbocycles. The molecule has 0 aliphatic heterocycles. The Balaban J connectivity index is 2.36. The van der Waals surface area contributed by atoms with E-state index in [1.165, 1.54) is 11.9 Å². The van der Waals surface area contributed by atoms with Crippen LogP contribution in [0.15, 0.2) is 17.8 Å². The molecule has 2 heterocycles. The van der Waals surface area contributed by atoms with Crippen LogP contribution in [0.3, 0.4) is 0 Å². The van der Waals surface area contributed by atoms with Gasteiger partial charge in [0.05, 0.1) is 0 Å². The number of H-pyrrole nitrogens is 1. The molecule has 0 spiro atoms. The van der Waals surface area contributed by atoms with Crippen molar-refractivity contribution in [3.63, 3.8) is 0 Å². The third kappa shape index (κ3) is 1.54. The lowest BCUT2D eigenvalue weighted by molar-refractivity contribution is 0.610. The van der Waals surface area contributed by atoms with Gasteiger partial charge in [-0.1, -0.05) is 0 Å². The fourth-order valence-electron chi connectivity index (χ4n) is 1.31. The molecule has 1 unspecified atom stereocenters. The van der Waals surface area contributed by atoms with E-state index < -0.39 is 0 Å². The number of hydrogen-bond donors (Lipinski definition) is 3. The predicted molar refractivity (Wildman–Crippen MR) is 54.6 cm³/mol. The second kappa shape index (κ2) is 3.87. The van der Waals surface area contributed by atoms with Crippen LogP contribution in [0.25, 0.3) is 0 Å². The first-order valence-corrected chi connectivity index (χ1v) is 5.06. The maximum absolute atomic E-state index is 5.49. The first-order chi connectivity index (χ1) is 6.83. The van der Waals surface area contributed by atoms with E-state index in [1.54, 1.807) is 11.3 Å². The van der Waals surface area contributed by atoms with Crippen molar-refractivity contribution < 1.29 is 0 Å². The minimum Gasteiger partial charge on any atom is -0.270 e. The summed E-state index contributed by atoms with van der Waals surface area (Å²) in [7, 11) is 0. The molecular weight excluding hydrogens is 198 g/mol. The minimum atomic E-state index is -0.0995. The van der Waals surface area contributed by atoms with Crippen LogP contribution in [0.1, 0.15) is 22.3 Å². The first kappa shape index (κ1) is 9.32. The van der Waals surface area contributed by atoms with Crippen LogP contribution in [0, 0.1) is 6.92 Å². The molecule has 0 bridgehead atoms. The molecule has 2 rings (SSSR count). The minimum absolute atomic E-state index is 0.0995. The lowest BCUT2D eigenvalue weighted by Gasteiger charge is -2.11. The van der Waals surface area contributed by atoms with Crippen LogP contribution in [-0.4, -0.2) is 15.2 Å². The molecule has 5 nitrogen and oxygen atoms in total. The van der Waals surface area contributed by atoms with E-state index in [0.29, 0.717) is 0 Å². The van der Waals surface area contributed by atoms with Crippen LogP contribution < -0.4 is 11.3 Å². The summed E-state index contributed by atoms with van der Waals surface area (Å²) in [5, 5.41) is 8.64. The topological polar surface area (TPSA) is 79.6 Å². The van der Waals surface area contributed by atoms with E-state index >= 15 is 0 Å². The van der Waals surface area contributed by atoms with Crippen LogP contribution in [0.4, 0.5) is 0 Å². The Labute approximate surface area is 85.3 Å². The van der Waals surface area contributed by atoms with Gasteiger partial charge in [0.15, 0.2) is 0 Å². The van der Waals surface area contributed by atoms with Gasteiger partial charge in [-0.2, -0.15) is 5.10 Å². The van der Waals surface area contributed by atoms with Gasteiger partial charge in [-0.3, -0.25) is 10.9 Å². The molecule has 0 aromatic carbocycles. The molecule has 4 N–H and O–H groups in total. The van der Waals surface area contributed by atoms with Crippen molar-refractivity contribution in [1.29, 1.82) is 0 Å². The van der Waals surface area contributed by atoms with Gasteiger partial charge >= 0.3 is 0 Å². The van der Waals surface area contributed by atoms with Gasteiger partial charge in [0, 0.05) is 4.88 Å². The quantitative estimate of drug-likeness (QED) is 0.514. The van der Waals surface area contributed by atoms with Gasteiger partial charge in [0.2, 0.25) is 0 Å². The summed E-state index contributed by atoms with van der Waals surface area (Å²) in [6.07, 6.45) is 1.47. The lowest BCUT2D eigenvalue weighted by atomic mass is 10.1. The molecule has 1 atom stereocenters. The maximum Gasteiger partial charge on any atom is 0.148 e. The van der Waals surface area contributed by atoms with Gasteiger partial charge in [0.1, 0.15) is 18.2 Å². The molecule has 0 aliphatic rings. The van der Waals surface area contributed by atoms with Crippen LogP contribution >= 0.6 is 11.3 Å². The van der Waals surface area contributed by atoms with E-state index in [0.717, 1.165) is 10.7 Å².